The molecule has 210 valence electrons. The van der Waals surface area contributed by atoms with Gasteiger partial charge in [0.05, 0.1) is 33.9 Å². The van der Waals surface area contributed by atoms with Crippen molar-refractivity contribution in [2.75, 3.05) is 43.7 Å². The molecule has 0 unspecified atom stereocenters. The molecule has 5 nitrogen and oxygen atoms in total. The highest BCUT2D eigenvalue weighted by atomic mass is 32.1. The molecule has 1 aliphatic rings. The number of halogens is 5. The normalized spacial score (nSPS) is 14.8. The van der Waals surface area contributed by atoms with Crippen LogP contribution in [0.3, 0.4) is 0 Å². The molecule has 39 heavy (non-hydrogen) atoms. The summed E-state index contributed by atoms with van der Waals surface area (Å²) in [5.41, 5.74) is 1.08. The summed E-state index contributed by atoms with van der Waals surface area (Å²) in [6.45, 7) is 1.16. The van der Waals surface area contributed by atoms with E-state index in [9.17, 15) is 26.5 Å². The average molecular weight is 587 g/mol. The number of benzene rings is 2. The molecule has 1 aliphatic heterocycles. The molecule has 0 atom stereocenters. The van der Waals surface area contributed by atoms with Gasteiger partial charge in [0, 0.05) is 24.6 Å². The average Bonchev–Trinajstić information content (AvgIpc) is 3.19. The minimum Gasteiger partial charge on any atom is -0.433 e. The smallest absolute Gasteiger partial charge is 0.393 e. The molecule has 0 amide bonds. The largest absolute Gasteiger partial charge is 0.433 e. The Morgan fingerprint density at radius 3 is 2.56 bits per heavy atom. The maximum absolute atomic E-state index is 13.5. The van der Waals surface area contributed by atoms with E-state index in [0.717, 1.165) is 18.5 Å². The van der Waals surface area contributed by atoms with Crippen LogP contribution in [0, 0.1) is 11.8 Å². The van der Waals surface area contributed by atoms with E-state index in [4.69, 9.17) is 4.74 Å². The number of thiophene rings is 1. The van der Waals surface area contributed by atoms with E-state index in [1.54, 1.807) is 18.2 Å². The highest BCUT2D eigenvalue weighted by Crippen LogP contribution is 2.40. The van der Waals surface area contributed by atoms with Crippen molar-refractivity contribution >= 4 is 45.2 Å². The fourth-order valence-corrected chi connectivity index (χ4v) is 6.30. The van der Waals surface area contributed by atoms with Crippen molar-refractivity contribution in [2.45, 2.75) is 38.1 Å². The van der Waals surface area contributed by atoms with Gasteiger partial charge in [0.25, 0.3) is 0 Å². The summed E-state index contributed by atoms with van der Waals surface area (Å²) in [5, 5.41) is 7.19. The van der Waals surface area contributed by atoms with Crippen LogP contribution in [0.15, 0.2) is 36.4 Å². The van der Waals surface area contributed by atoms with Crippen molar-refractivity contribution in [3.63, 3.8) is 0 Å². The second-order valence-electron chi connectivity index (χ2n) is 9.48. The summed E-state index contributed by atoms with van der Waals surface area (Å²) in [6.07, 6.45) is -3.93. The number of ether oxygens (including phenoxy) is 2. The monoisotopic (exact) mass is 586 g/mol. The summed E-state index contributed by atoms with van der Waals surface area (Å²) in [7, 11) is -2.72. The molecule has 2 heterocycles. The highest BCUT2D eigenvalue weighted by Gasteiger charge is 2.31. The number of fused-ring (bicyclic) bond motifs is 1. The lowest BCUT2D eigenvalue weighted by Gasteiger charge is -2.24. The van der Waals surface area contributed by atoms with Crippen LogP contribution in [0.25, 0.3) is 10.1 Å². The molecular formula is C27H28F5N2O3PS. The van der Waals surface area contributed by atoms with Gasteiger partial charge >= 0.3 is 12.8 Å². The van der Waals surface area contributed by atoms with Crippen molar-refractivity contribution in [1.29, 1.82) is 0 Å². The van der Waals surface area contributed by atoms with E-state index in [0.29, 0.717) is 33.5 Å². The summed E-state index contributed by atoms with van der Waals surface area (Å²) < 4.78 is 89.4. The van der Waals surface area contributed by atoms with E-state index in [2.05, 4.69) is 27.2 Å². The van der Waals surface area contributed by atoms with Gasteiger partial charge in [0.15, 0.2) is 0 Å². The minimum atomic E-state index is -4.42. The second-order valence-corrected chi connectivity index (χ2v) is 13.7. The standard InChI is InChI=1S/C27H28F5N2O3PS/c1-38(2,35)18-8-9-21(23(15-18)37-26(28)29)33-12-4-7-24-20(16-27(30,31)32)19-5-3-6-22(25(19)39-24)34-17-10-13-36-14-11-17/h3,5-6,8-9,15,17,26,33-34H,10-14,16H2,1-2H3. The van der Waals surface area contributed by atoms with Crippen LogP contribution in [-0.4, -0.2) is 51.9 Å². The number of nitrogens with one attached hydrogen (secondary N) is 2. The Labute approximate surface area is 227 Å². The SMILES string of the molecule is CP(C)(=O)c1ccc(NCC#Cc2sc3c(NC4CCOCC4)cccc3c2CC(F)(F)F)c(OC(F)F)c1. The number of alkyl halides is 5. The molecule has 0 radical (unpaired) electrons. The zero-order valence-corrected chi connectivity index (χ0v) is 23.0. The lowest BCUT2D eigenvalue weighted by Crippen LogP contribution is -2.27. The molecule has 3 aromatic rings. The molecule has 2 aromatic carbocycles. The third kappa shape index (κ3) is 7.87. The first-order valence-corrected chi connectivity index (χ1v) is 15.6. The molecule has 0 bridgehead atoms. The van der Waals surface area contributed by atoms with Crippen LogP contribution in [-0.2, 0) is 15.7 Å². The Hall–Kier alpha value is -2.80. The Morgan fingerprint density at radius 2 is 1.90 bits per heavy atom. The predicted octanol–water partition coefficient (Wildman–Crippen LogP) is 6.91. The van der Waals surface area contributed by atoms with Crippen molar-refractivity contribution < 1.29 is 36.0 Å². The van der Waals surface area contributed by atoms with E-state index in [-0.39, 0.29) is 29.6 Å². The maximum Gasteiger partial charge on any atom is 0.393 e. The fraction of sp³-hybridized carbons (Fsp3) is 0.407. The Morgan fingerprint density at radius 1 is 1.15 bits per heavy atom. The maximum atomic E-state index is 13.5. The zero-order chi connectivity index (χ0) is 28.2. The topological polar surface area (TPSA) is 59.6 Å². The van der Waals surface area contributed by atoms with Gasteiger partial charge in [0.2, 0.25) is 0 Å². The van der Waals surface area contributed by atoms with Crippen molar-refractivity contribution in [3.05, 3.63) is 46.8 Å². The van der Waals surface area contributed by atoms with Crippen LogP contribution < -0.4 is 20.7 Å². The van der Waals surface area contributed by atoms with Gasteiger partial charge in [-0.25, -0.2) is 0 Å². The van der Waals surface area contributed by atoms with Gasteiger partial charge in [0.1, 0.15) is 12.9 Å². The van der Waals surface area contributed by atoms with Gasteiger partial charge in [-0.1, -0.05) is 24.0 Å². The van der Waals surface area contributed by atoms with Crippen LogP contribution >= 0.6 is 18.5 Å². The molecule has 12 heteroatoms. The van der Waals surface area contributed by atoms with Crippen LogP contribution in [0.4, 0.5) is 33.3 Å². The third-order valence-electron chi connectivity index (χ3n) is 6.15. The summed E-state index contributed by atoms with van der Waals surface area (Å²) in [4.78, 5) is 0.294. The Balaban J connectivity index is 1.60. The quantitative estimate of drug-likeness (QED) is 0.171. The first-order chi connectivity index (χ1) is 18.4. The van der Waals surface area contributed by atoms with Crippen LogP contribution in [0.5, 0.6) is 5.75 Å². The summed E-state index contributed by atoms with van der Waals surface area (Å²) in [5.74, 6) is 5.47. The van der Waals surface area contributed by atoms with E-state index in [1.165, 1.54) is 36.8 Å². The van der Waals surface area contributed by atoms with Gasteiger partial charge in [-0.15, -0.1) is 11.3 Å². The predicted molar refractivity (Wildman–Crippen MR) is 147 cm³/mol. The molecule has 0 saturated carbocycles. The minimum absolute atomic E-state index is 0.0399. The lowest BCUT2D eigenvalue weighted by atomic mass is 10.1. The zero-order valence-electron chi connectivity index (χ0n) is 21.3. The molecular weight excluding hydrogens is 558 g/mol. The Bertz CT molecular complexity index is 1420. The Kier molecular flexibility index (Phi) is 9.10. The van der Waals surface area contributed by atoms with Gasteiger partial charge in [-0.05, 0) is 61.4 Å². The summed E-state index contributed by atoms with van der Waals surface area (Å²) in [6, 6.07) is 9.73. The fourth-order valence-electron chi connectivity index (χ4n) is 4.27. The first-order valence-electron chi connectivity index (χ1n) is 12.2. The van der Waals surface area contributed by atoms with Crippen molar-refractivity contribution in [3.8, 4) is 17.6 Å². The second kappa shape index (κ2) is 12.2. The molecule has 1 fully saturated rings. The molecule has 1 saturated heterocycles. The summed E-state index contributed by atoms with van der Waals surface area (Å²) >= 11 is 1.19. The van der Waals surface area contributed by atoms with Gasteiger partial charge in [-0.2, -0.15) is 22.0 Å². The first kappa shape index (κ1) is 29.2. The molecule has 4 rings (SSSR count). The molecule has 0 spiro atoms. The van der Waals surface area contributed by atoms with Crippen LogP contribution in [0.2, 0.25) is 0 Å². The van der Waals surface area contributed by atoms with E-state index in [1.807, 2.05) is 6.07 Å². The number of hydrogen-bond acceptors (Lipinski definition) is 6. The van der Waals surface area contributed by atoms with Gasteiger partial charge in [-0.3, -0.25) is 0 Å². The number of rotatable bonds is 8. The van der Waals surface area contributed by atoms with Gasteiger partial charge < -0.3 is 24.7 Å². The van der Waals surface area contributed by atoms with Crippen molar-refractivity contribution in [2.24, 2.45) is 0 Å². The van der Waals surface area contributed by atoms with E-state index < -0.39 is 26.4 Å². The molecule has 1 aromatic heterocycles. The highest BCUT2D eigenvalue weighted by molar-refractivity contribution is 7.70. The lowest BCUT2D eigenvalue weighted by molar-refractivity contribution is -0.126. The number of hydrogen-bond donors (Lipinski definition) is 2. The van der Waals surface area contributed by atoms with E-state index >= 15 is 0 Å². The van der Waals surface area contributed by atoms with Crippen LogP contribution in [0.1, 0.15) is 23.3 Å². The molecule has 0 aliphatic carbocycles. The third-order valence-corrected chi connectivity index (χ3v) is 8.87. The molecule has 2 N–H and O–H groups in total. The number of anilines is 2. The van der Waals surface area contributed by atoms with Crippen molar-refractivity contribution in [1.82, 2.24) is 0 Å².